The summed E-state index contributed by atoms with van der Waals surface area (Å²) in [5.41, 5.74) is 8.08. The van der Waals surface area contributed by atoms with E-state index in [9.17, 15) is 0 Å². The molecule has 2 aromatic carbocycles. The van der Waals surface area contributed by atoms with Gasteiger partial charge in [0, 0.05) is 18.7 Å². The molecule has 1 aliphatic heterocycles. The molecule has 1 aromatic heterocycles. The van der Waals surface area contributed by atoms with Crippen LogP contribution in [0.5, 0.6) is 0 Å². The number of nitrogens with zero attached hydrogens (tertiary/aromatic N) is 2. The standard InChI is InChI=1S/C21H19N3/c1-15-7-10-21(24-23-15)17-8-9-19-18(13-17)14-22-12-11-20(19)16-5-3-2-4-6-16/h2-11,13,22H,12,14H2,1H3. The Morgan fingerprint density at radius 1 is 0.875 bits per heavy atom. The summed E-state index contributed by atoms with van der Waals surface area (Å²) >= 11 is 0. The Morgan fingerprint density at radius 2 is 1.75 bits per heavy atom. The number of aryl methyl sites for hydroxylation is 1. The van der Waals surface area contributed by atoms with Crippen molar-refractivity contribution in [3.8, 4) is 11.3 Å². The lowest BCUT2D eigenvalue weighted by molar-refractivity contribution is 0.766. The van der Waals surface area contributed by atoms with E-state index in [2.05, 4.69) is 70.1 Å². The minimum Gasteiger partial charge on any atom is -0.309 e. The van der Waals surface area contributed by atoms with Crippen LogP contribution in [0.15, 0.2) is 66.7 Å². The summed E-state index contributed by atoms with van der Waals surface area (Å²) in [6.07, 6.45) is 2.27. The maximum absolute atomic E-state index is 4.31. The van der Waals surface area contributed by atoms with Crippen molar-refractivity contribution < 1.29 is 0 Å². The van der Waals surface area contributed by atoms with Gasteiger partial charge in [0.25, 0.3) is 0 Å². The van der Waals surface area contributed by atoms with Gasteiger partial charge in [0.1, 0.15) is 0 Å². The zero-order chi connectivity index (χ0) is 16.4. The highest BCUT2D eigenvalue weighted by molar-refractivity contribution is 5.83. The summed E-state index contributed by atoms with van der Waals surface area (Å²) in [4.78, 5) is 0. The molecule has 0 radical (unpaired) electrons. The molecule has 0 spiro atoms. The number of hydrogen-bond acceptors (Lipinski definition) is 3. The van der Waals surface area contributed by atoms with Gasteiger partial charge in [-0.05, 0) is 47.4 Å². The average Bonchev–Trinajstić information content (AvgIpc) is 2.85. The van der Waals surface area contributed by atoms with E-state index in [0.717, 1.165) is 30.0 Å². The van der Waals surface area contributed by atoms with Crippen LogP contribution in [0.2, 0.25) is 0 Å². The van der Waals surface area contributed by atoms with Gasteiger partial charge in [-0.15, -0.1) is 0 Å². The predicted molar refractivity (Wildman–Crippen MR) is 97.4 cm³/mol. The van der Waals surface area contributed by atoms with Crippen LogP contribution in [0, 0.1) is 6.92 Å². The molecule has 118 valence electrons. The Kier molecular flexibility index (Phi) is 3.93. The molecule has 3 nitrogen and oxygen atoms in total. The quantitative estimate of drug-likeness (QED) is 0.777. The van der Waals surface area contributed by atoms with Crippen LogP contribution < -0.4 is 5.32 Å². The highest BCUT2D eigenvalue weighted by Gasteiger charge is 2.14. The number of nitrogens with one attached hydrogen (secondary N) is 1. The van der Waals surface area contributed by atoms with E-state index >= 15 is 0 Å². The zero-order valence-corrected chi connectivity index (χ0v) is 13.7. The fourth-order valence-corrected chi connectivity index (χ4v) is 3.10. The summed E-state index contributed by atoms with van der Waals surface area (Å²) in [5.74, 6) is 0. The molecule has 0 amide bonds. The van der Waals surface area contributed by atoms with Gasteiger partial charge >= 0.3 is 0 Å². The molecule has 0 atom stereocenters. The van der Waals surface area contributed by atoms with Crippen LogP contribution >= 0.6 is 0 Å². The van der Waals surface area contributed by atoms with E-state index in [1.54, 1.807) is 0 Å². The highest BCUT2D eigenvalue weighted by atomic mass is 15.1. The van der Waals surface area contributed by atoms with Crippen LogP contribution in [-0.4, -0.2) is 16.7 Å². The Morgan fingerprint density at radius 3 is 2.54 bits per heavy atom. The van der Waals surface area contributed by atoms with Gasteiger partial charge in [-0.3, -0.25) is 0 Å². The Labute approximate surface area is 142 Å². The van der Waals surface area contributed by atoms with E-state index in [1.165, 1.54) is 22.3 Å². The SMILES string of the molecule is Cc1ccc(-c2ccc3c(c2)CNCC=C3c2ccccc2)nn1. The number of rotatable bonds is 2. The van der Waals surface area contributed by atoms with Gasteiger partial charge in [0.15, 0.2) is 0 Å². The van der Waals surface area contributed by atoms with Crippen molar-refractivity contribution in [3.63, 3.8) is 0 Å². The van der Waals surface area contributed by atoms with Gasteiger partial charge in [-0.25, -0.2) is 0 Å². The van der Waals surface area contributed by atoms with E-state index in [4.69, 9.17) is 0 Å². The number of aromatic nitrogens is 2. The molecule has 3 heteroatoms. The Hall–Kier alpha value is -2.78. The normalized spacial score (nSPS) is 13.8. The summed E-state index contributed by atoms with van der Waals surface area (Å²) < 4.78 is 0. The van der Waals surface area contributed by atoms with Gasteiger partial charge in [-0.2, -0.15) is 10.2 Å². The average molecular weight is 313 g/mol. The molecule has 0 fully saturated rings. The second-order valence-corrected chi connectivity index (χ2v) is 6.05. The van der Waals surface area contributed by atoms with E-state index < -0.39 is 0 Å². The Bertz CT molecular complexity index is 881. The molecule has 0 aliphatic carbocycles. The second kappa shape index (κ2) is 6.38. The lowest BCUT2D eigenvalue weighted by Gasteiger charge is -2.13. The molecule has 4 rings (SSSR count). The first-order valence-corrected chi connectivity index (χ1v) is 8.21. The summed E-state index contributed by atoms with van der Waals surface area (Å²) in [6.45, 7) is 3.68. The minimum absolute atomic E-state index is 0.856. The van der Waals surface area contributed by atoms with Gasteiger partial charge < -0.3 is 5.32 Å². The van der Waals surface area contributed by atoms with Crippen molar-refractivity contribution >= 4 is 5.57 Å². The maximum Gasteiger partial charge on any atom is 0.0929 e. The largest absolute Gasteiger partial charge is 0.309 e. The fourth-order valence-electron chi connectivity index (χ4n) is 3.10. The van der Waals surface area contributed by atoms with Crippen molar-refractivity contribution in [2.45, 2.75) is 13.5 Å². The molecule has 2 heterocycles. The summed E-state index contributed by atoms with van der Waals surface area (Å²) in [7, 11) is 0. The molecule has 3 aromatic rings. The molecular formula is C21H19N3. The monoisotopic (exact) mass is 313 g/mol. The lowest BCUT2D eigenvalue weighted by Crippen LogP contribution is -2.11. The van der Waals surface area contributed by atoms with Crippen molar-refractivity contribution in [1.82, 2.24) is 15.5 Å². The number of benzene rings is 2. The maximum atomic E-state index is 4.31. The minimum atomic E-state index is 0.856. The van der Waals surface area contributed by atoms with Crippen LogP contribution in [0.25, 0.3) is 16.8 Å². The first-order chi connectivity index (χ1) is 11.8. The van der Waals surface area contributed by atoms with E-state index in [-0.39, 0.29) is 0 Å². The number of fused-ring (bicyclic) bond motifs is 1. The third-order valence-corrected chi connectivity index (χ3v) is 4.34. The molecule has 1 N–H and O–H groups in total. The predicted octanol–water partition coefficient (Wildman–Crippen LogP) is 3.99. The smallest absolute Gasteiger partial charge is 0.0929 e. The topological polar surface area (TPSA) is 37.8 Å². The molecule has 0 bridgehead atoms. The third kappa shape index (κ3) is 2.86. The first kappa shape index (κ1) is 14.8. The van der Waals surface area contributed by atoms with Crippen LogP contribution in [-0.2, 0) is 6.54 Å². The lowest BCUT2D eigenvalue weighted by atomic mass is 9.92. The molecule has 0 saturated carbocycles. The van der Waals surface area contributed by atoms with E-state index in [1.807, 2.05) is 19.1 Å². The van der Waals surface area contributed by atoms with E-state index in [0.29, 0.717) is 0 Å². The molecule has 24 heavy (non-hydrogen) atoms. The third-order valence-electron chi connectivity index (χ3n) is 4.34. The number of hydrogen-bond donors (Lipinski definition) is 1. The summed E-state index contributed by atoms with van der Waals surface area (Å²) in [6, 6.07) is 21.2. The zero-order valence-electron chi connectivity index (χ0n) is 13.7. The summed E-state index contributed by atoms with van der Waals surface area (Å²) in [5, 5.41) is 12.0. The molecule has 1 aliphatic rings. The highest BCUT2D eigenvalue weighted by Crippen LogP contribution is 2.30. The van der Waals surface area contributed by atoms with Gasteiger partial charge in [0.05, 0.1) is 11.4 Å². The Balaban J connectivity index is 1.78. The van der Waals surface area contributed by atoms with Crippen molar-refractivity contribution in [2.24, 2.45) is 0 Å². The first-order valence-electron chi connectivity index (χ1n) is 8.21. The van der Waals surface area contributed by atoms with Crippen LogP contribution in [0.3, 0.4) is 0 Å². The molecule has 0 saturated heterocycles. The van der Waals surface area contributed by atoms with Crippen molar-refractivity contribution in [2.75, 3.05) is 6.54 Å². The second-order valence-electron chi connectivity index (χ2n) is 6.05. The van der Waals surface area contributed by atoms with Gasteiger partial charge in [-0.1, -0.05) is 48.5 Å². The van der Waals surface area contributed by atoms with Crippen LogP contribution in [0.4, 0.5) is 0 Å². The molecular weight excluding hydrogens is 294 g/mol. The fraction of sp³-hybridized carbons (Fsp3) is 0.143. The van der Waals surface area contributed by atoms with Crippen molar-refractivity contribution in [1.29, 1.82) is 0 Å². The van der Waals surface area contributed by atoms with Crippen molar-refractivity contribution in [3.05, 3.63) is 89.1 Å². The van der Waals surface area contributed by atoms with Gasteiger partial charge in [0.2, 0.25) is 0 Å². The molecule has 0 unspecified atom stereocenters. The van der Waals surface area contributed by atoms with Crippen LogP contribution in [0.1, 0.15) is 22.4 Å².